The van der Waals surface area contributed by atoms with Crippen molar-refractivity contribution >= 4 is 5.69 Å². The average molecular weight is 293 g/mol. The topological polar surface area (TPSA) is 81.6 Å². The summed E-state index contributed by atoms with van der Waals surface area (Å²) in [4.78, 5) is 13.0. The van der Waals surface area contributed by atoms with E-state index in [0.29, 0.717) is 12.2 Å². The number of nitrogens with two attached hydrogens (primary N) is 1. The van der Waals surface area contributed by atoms with Crippen LogP contribution >= 0.6 is 0 Å². The summed E-state index contributed by atoms with van der Waals surface area (Å²) in [6.07, 6.45) is 0.0154. The van der Waals surface area contributed by atoms with E-state index in [1.165, 1.54) is 0 Å². The third-order valence-electron chi connectivity index (χ3n) is 4.17. The number of rotatable bonds is 4. The maximum atomic E-state index is 11.1. The van der Waals surface area contributed by atoms with Crippen LogP contribution in [-0.2, 0) is 4.74 Å². The van der Waals surface area contributed by atoms with Crippen LogP contribution in [-0.4, -0.2) is 41.7 Å². The average Bonchev–Trinajstić information content (AvgIpc) is 2.46. The lowest BCUT2D eigenvalue weighted by Crippen LogP contribution is -2.50. The van der Waals surface area contributed by atoms with E-state index in [4.69, 9.17) is 10.5 Å². The van der Waals surface area contributed by atoms with Gasteiger partial charge in [-0.15, -0.1) is 0 Å². The molecular weight excluding hydrogens is 270 g/mol. The second kappa shape index (κ2) is 6.51. The summed E-state index contributed by atoms with van der Waals surface area (Å²) in [6, 6.07) is 5.54. The van der Waals surface area contributed by atoms with Crippen molar-refractivity contribution in [3.8, 4) is 0 Å². The third-order valence-corrected chi connectivity index (χ3v) is 4.17. The van der Waals surface area contributed by atoms with Crippen molar-refractivity contribution in [2.24, 2.45) is 5.73 Å². The first-order valence-electron chi connectivity index (χ1n) is 7.26. The molecule has 1 aromatic rings. The van der Waals surface area contributed by atoms with Crippen LogP contribution in [0.5, 0.6) is 0 Å². The van der Waals surface area contributed by atoms with Crippen molar-refractivity contribution in [3.63, 3.8) is 0 Å². The van der Waals surface area contributed by atoms with Crippen LogP contribution < -0.4 is 5.73 Å². The van der Waals surface area contributed by atoms with Gasteiger partial charge in [0.2, 0.25) is 0 Å². The third kappa shape index (κ3) is 3.58. The van der Waals surface area contributed by atoms with Crippen molar-refractivity contribution in [2.75, 3.05) is 19.7 Å². The van der Waals surface area contributed by atoms with E-state index in [-0.39, 0.29) is 28.8 Å². The van der Waals surface area contributed by atoms with Gasteiger partial charge in [-0.2, -0.15) is 0 Å². The first-order valence-corrected chi connectivity index (χ1v) is 7.26. The summed E-state index contributed by atoms with van der Waals surface area (Å²) in [5.74, 6) is 0. The maximum absolute atomic E-state index is 11.1. The summed E-state index contributed by atoms with van der Waals surface area (Å²) >= 11 is 0. The molecule has 3 unspecified atom stereocenters. The molecule has 116 valence electrons. The SMILES string of the molecule is Cc1ccc(C(C)N2CCOC(C(C)N)C2)cc1[N+](=O)[O-]. The Bertz CT molecular complexity index is 519. The van der Waals surface area contributed by atoms with Gasteiger partial charge in [-0.05, 0) is 26.3 Å². The quantitative estimate of drug-likeness (QED) is 0.678. The van der Waals surface area contributed by atoms with Gasteiger partial charge in [-0.25, -0.2) is 0 Å². The zero-order valence-corrected chi connectivity index (χ0v) is 12.8. The molecule has 1 heterocycles. The van der Waals surface area contributed by atoms with Crippen LogP contribution in [0.25, 0.3) is 0 Å². The summed E-state index contributed by atoms with van der Waals surface area (Å²) in [6.45, 7) is 7.97. The highest BCUT2D eigenvalue weighted by Crippen LogP contribution is 2.28. The highest BCUT2D eigenvalue weighted by atomic mass is 16.6. The Labute approximate surface area is 125 Å². The fourth-order valence-electron chi connectivity index (χ4n) is 2.66. The minimum Gasteiger partial charge on any atom is -0.374 e. The molecule has 3 atom stereocenters. The number of nitro groups is 1. The van der Waals surface area contributed by atoms with Gasteiger partial charge in [0.15, 0.2) is 0 Å². The number of ether oxygens (including phenoxy) is 1. The van der Waals surface area contributed by atoms with Crippen molar-refractivity contribution in [1.82, 2.24) is 4.90 Å². The standard InChI is InChI=1S/C15H23N3O3/c1-10-4-5-13(8-14(10)18(19)20)12(3)17-6-7-21-15(9-17)11(2)16/h4-5,8,11-12,15H,6-7,9,16H2,1-3H3. The molecule has 1 aliphatic rings. The zero-order valence-electron chi connectivity index (χ0n) is 12.8. The Morgan fingerprint density at radius 1 is 1.48 bits per heavy atom. The molecule has 2 N–H and O–H groups in total. The summed E-state index contributed by atoms with van der Waals surface area (Å²) in [5.41, 5.74) is 7.73. The number of hydrogen-bond donors (Lipinski definition) is 1. The molecule has 2 rings (SSSR count). The minimum absolute atomic E-state index is 0.0154. The molecule has 0 aromatic heterocycles. The lowest BCUT2D eigenvalue weighted by Gasteiger charge is -2.38. The monoisotopic (exact) mass is 293 g/mol. The fraction of sp³-hybridized carbons (Fsp3) is 0.600. The highest BCUT2D eigenvalue weighted by Gasteiger charge is 2.27. The van der Waals surface area contributed by atoms with Gasteiger partial charge in [0.25, 0.3) is 5.69 Å². The molecule has 0 radical (unpaired) electrons. The number of nitrogens with zero attached hydrogens (tertiary/aromatic N) is 2. The molecule has 21 heavy (non-hydrogen) atoms. The van der Waals surface area contributed by atoms with Crippen LogP contribution in [0.15, 0.2) is 18.2 Å². The van der Waals surface area contributed by atoms with Gasteiger partial charge in [-0.3, -0.25) is 15.0 Å². The predicted octanol–water partition coefficient (Wildman–Crippen LogP) is 2.01. The first-order chi connectivity index (χ1) is 9.90. The molecule has 0 saturated carbocycles. The molecule has 1 aliphatic heterocycles. The largest absolute Gasteiger partial charge is 0.374 e. The molecule has 0 spiro atoms. The number of hydrogen-bond acceptors (Lipinski definition) is 5. The lowest BCUT2D eigenvalue weighted by atomic mass is 10.0. The second-order valence-electron chi connectivity index (χ2n) is 5.74. The second-order valence-corrected chi connectivity index (χ2v) is 5.74. The van der Waals surface area contributed by atoms with Crippen LogP contribution in [0, 0.1) is 17.0 Å². The highest BCUT2D eigenvalue weighted by molar-refractivity contribution is 5.43. The molecule has 1 saturated heterocycles. The molecule has 6 nitrogen and oxygen atoms in total. The normalized spacial score (nSPS) is 22.8. The number of morpholine rings is 1. The van der Waals surface area contributed by atoms with Crippen LogP contribution in [0.4, 0.5) is 5.69 Å². The van der Waals surface area contributed by atoms with E-state index in [2.05, 4.69) is 11.8 Å². The summed E-state index contributed by atoms with van der Waals surface area (Å²) < 4.78 is 5.66. The van der Waals surface area contributed by atoms with Crippen molar-refractivity contribution in [1.29, 1.82) is 0 Å². The molecular formula is C15H23N3O3. The van der Waals surface area contributed by atoms with E-state index in [9.17, 15) is 10.1 Å². The number of aryl methyl sites for hydroxylation is 1. The molecule has 0 bridgehead atoms. The van der Waals surface area contributed by atoms with E-state index in [1.807, 2.05) is 19.1 Å². The van der Waals surface area contributed by atoms with E-state index in [0.717, 1.165) is 18.7 Å². The Balaban J connectivity index is 2.17. The van der Waals surface area contributed by atoms with E-state index in [1.54, 1.807) is 13.0 Å². The van der Waals surface area contributed by atoms with Crippen molar-refractivity contribution < 1.29 is 9.66 Å². The smallest absolute Gasteiger partial charge is 0.272 e. The van der Waals surface area contributed by atoms with Gasteiger partial charge in [0, 0.05) is 36.8 Å². The van der Waals surface area contributed by atoms with Crippen LogP contribution in [0.1, 0.15) is 31.0 Å². The van der Waals surface area contributed by atoms with Gasteiger partial charge >= 0.3 is 0 Å². The fourth-order valence-corrected chi connectivity index (χ4v) is 2.66. The van der Waals surface area contributed by atoms with Gasteiger partial charge in [-0.1, -0.05) is 12.1 Å². The zero-order chi connectivity index (χ0) is 15.6. The first kappa shape index (κ1) is 15.9. The molecule has 1 fully saturated rings. The van der Waals surface area contributed by atoms with Crippen molar-refractivity contribution in [3.05, 3.63) is 39.4 Å². The lowest BCUT2D eigenvalue weighted by molar-refractivity contribution is -0.385. The van der Waals surface area contributed by atoms with Crippen molar-refractivity contribution in [2.45, 2.75) is 39.0 Å². The van der Waals surface area contributed by atoms with E-state index < -0.39 is 0 Å². The van der Waals surface area contributed by atoms with E-state index >= 15 is 0 Å². The minimum atomic E-state index is -0.324. The van der Waals surface area contributed by atoms with Crippen LogP contribution in [0.2, 0.25) is 0 Å². The molecule has 0 amide bonds. The Morgan fingerprint density at radius 3 is 2.81 bits per heavy atom. The molecule has 0 aliphatic carbocycles. The van der Waals surface area contributed by atoms with Crippen LogP contribution in [0.3, 0.4) is 0 Å². The maximum Gasteiger partial charge on any atom is 0.272 e. The summed E-state index contributed by atoms with van der Waals surface area (Å²) in [7, 11) is 0. The summed E-state index contributed by atoms with van der Waals surface area (Å²) in [5, 5.41) is 11.1. The molecule has 1 aromatic carbocycles. The number of benzene rings is 1. The Hall–Kier alpha value is -1.50. The molecule has 6 heteroatoms. The van der Waals surface area contributed by atoms with Gasteiger partial charge in [0.1, 0.15) is 0 Å². The Morgan fingerprint density at radius 2 is 2.19 bits per heavy atom. The van der Waals surface area contributed by atoms with Gasteiger partial charge in [0.05, 0.1) is 17.6 Å². The Kier molecular flexibility index (Phi) is 4.92. The predicted molar refractivity (Wildman–Crippen MR) is 81.2 cm³/mol. The number of nitro benzene ring substituents is 1. The van der Waals surface area contributed by atoms with Gasteiger partial charge < -0.3 is 10.5 Å².